The van der Waals surface area contributed by atoms with Crippen molar-refractivity contribution in [3.63, 3.8) is 0 Å². The quantitative estimate of drug-likeness (QED) is 0.121. The highest BCUT2D eigenvalue weighted by Crippen LogP contribution is 2.31. The number of amides is 4. The summed E-state index contributed by atoms with van der Waals surface area (Å²) < 4.78 is 0. The molecule has 10 aliphatic rings. The van der Waals surface area contributed by atoms with Crippen LogP contribution >= 0.6 is 0 Å². The molecule has 10 heterocycles. The molecule has 60 heavy (non-hydrogen) atoms. The lowest BCUT2D eigenvalue weighted by atomic mass is 9.95. The maximum absolute atomic E-state index is 13.8. The maximum Gasteiger partial charge on any atom is 0.255 e. The van der Waals surface area contributed by atoms with Crippen molar-refractivity contribution in [2.75, 3.05) is 21.3 Å². The molecule has 300 valence electrons. The Kier molecular flexibility index (Phi) is 11.2. The van der Waals surface area contributed by atoms with Gasteiger partial charge in [-0.25, -0.2) is 0 Å². The molecule has 0 saturated carbocycles. The van der Waals surface area contributed by atoms with Gasteiger partial charge in [-0.15, -0.1) is 0 Å². The summed E-state index contributed by atoms with van der Waals surface area (Å²) in [5, 5.41) is 22.1. The van der Waals surface area contributed by atoms with Gasteiger partial charge in [0.05, 0.1) is 11.6 Å². The zero-order valence-electron chi connectivity index (χ0n) is 35.2. The summed E-state index contributed by atoms with van der Waals surface area (Å²) in [4.78, 5) is 54.8. The molecule has 0 unspecified atom stereocenters. The average molecular weight is 794 g/mol. The largest absolute Gasteiger partial charge is 0.322 e. The Bertz CT molecular complexity index is 2580. The van der Waals surface area contributed by atoms with Crippen LogP contribution in [0.1, 0.15) is 114 Å². The van der Waals surface area contributed by atoms with Crippen molar-refractivity contribution < 1.29 is 19.2 Å². The molecule has 0 fully saturated rings. The van der Waals surface area contributed by atoms with Crippen LogP contribution < -0.4 is 21.3 Å². The highest BCUT2D eigenvalue weighted by Gasteiger charge is 2.20. The second kappa shape index (κ2) is 16.5. The molecule has 4 N–H and O–H groups in total. The molecule has 6 aromatic carbocycles. The van der Waals surface area contributed by atoms with Crippen LogP contribution in [0, 0.1) is 66.7 Å². The molecule has 0 aromatic heterocycles. The Balaban J connectivity index is 1.27. The van der Waals surface area contributed by atoms with E-state index in [4.69, 9.17) is 0 Å². The Morgan fingerprint density at radius 2 is 0.633 bits per heavy atom. The van der Waals surface area contributed by atoms with Crippen LogP contribution in [0.4, 0.5) is 22.7 Å². The summed E-state index contributed by atoms with van der Waals surface area (Å²) in [6.07, 6.45) is 1.24. The van der Waals surface area contributed by atoms with Gasteiger partial charge < -0.3 is 21.3 Å². The lowest BCUT2D eigenvalue weighted by Gasteiger charge is -2.17. The highest BCUT2D eigenvalue weighted by molar-refractivity contribution is 6.11. The molecule has 0 spiro atoms. The fourth-order valence-corrected chi connectivity index (χ4v) is 8.38. The van der Waals surface area contributed by atoms with E-state index in [-0.39, 0.29) is 28.5 Å². The van der Waals surface area contributed by atoms with E-state index >= 15 is 0 Å². The standard InChI is InChI=1S/C51H47N5O4/c1-27-12-35-13-28(2)44(27)53-48(57)40-10-9-11-41(24-40)49(58)54-45-29(3)14-36(15-30(45)4)21-38-18-33(7)47(34(8)19-38)56-51(60)43-23-39(26-52)22-42(25-43)50(59)55-46-31(5)16-37(20-35)17-32(46)6/h9-19,22-25H,20-21H2,1-8H3,(H,53,57)(H,54,58)(H,55,59)(H,56,60). The van der Waals surface area contributed by atoms with Gasteiger partial charge in [0, 0.05) is 45.0 Å². The van der Waals surface area contributed by atoms with E-state index < -0.39 is 11.8 Å². The Morgan fingerprint density at radius 1 is 0.383 bits per heavy atom. The number of aryl methyl sites for hydroxylation is 8. The van der Waals surface area contributed by atoms with Gasteiger partial charge in [-0.1, -0.05) is 54.6 Å². The summed E-state index contributed by atoms with van der Waals surface area (Å²) in [6.45, 7) is 15.6. The van der Waals surface area contributed by atoms with Crippen LogP contribution in [0.2, 0.25) is 0 Å². The third-order valence-corrected chi connectivity index (χ3v) is 11.1. The first-order valence-electron chi connectivity index (χ1n) is 19.9. The Morgan fingerprint density at radius 3 is 0.900 bits per heavy atom. The van der Waals surface area contributed by atoms with Gasteiger partial charge >= 0.3 is 0 Å². The van der Waals surface area contributed by atoms with Gasteiger partial charge in [-0.05, 0) is 171 Å². The number of benzene rings is 6. The average Bonchev–Trinajstić information content (AvgIpc) is 3.19. The van der Waals surface area contributed by atoms with E-state index in [0.29, 0.717) is 46.7 Å². The smallest absolute Gasteiger partial charge is 0.255 e. The second-order valence-corrected chi connectivity index (χ2v) is 16.1. The van der Waals surface area contributed by atoms with E-state index in [1.54, 1.807) is 24.3 Å². The summed E-state index contributed by atoms with van der Waals surface area (Å²) in [5.41, 5.74) is 15.3. The zero-order chi connectivity index (χ0) is 43.0. The van der Waals surface area contributed by atoms with Crippen molar-refractivity contribution in [3.8, 4) is 6.07 Å². The first-order valence-corrected chi connectivity index (χ1v) is 19.9. The number of anilines is 4. The summed E-state index contributed by atoms with van der Waals surface area (Å²) in [6, 6.07) is 29.7. The minimum atomic E-state index is -0.431. The first-order chi connectivity index (χ1) is 28.6. The summed E-state index contributed by atoms with van der Waals surface area (Å²) >= 11 is 0. The summed E-state index contributed by atoms with van der Waals surface area (Å²) in [7, 11) is 0. The minimum Gasteiger partial charge on any atom is -0.322 e. The monoisotopic (exact) mass is 793 g/mol. The second-order valence-electron chi connectivity index (χ2n) is 16.1. The van der Waals surface area contributed by atoms with Gasteiger partial charge in [-0.2, -0.15) is 5.26 Å². The van der Waals surface area contributed by atoms with Crippen molar-refractivity contribution in [2.45, 2.75) is 68.2 Å². The number of nitrogens with zero attached hydrogens (tertiary/aromatic N) is 1. The minimum absolute atomic E-state index is 0.193. The van der Waals surface area contributed by atoms with Crippen LogP contribution in [0.15, 0.2) is 91.0 Å². The third-order valence-electron chi connectivity index (χ3n) is 11.1. The fraction of sp³-hybridized carbons (Fsp3) is 0.196. The number of nitriles is 1. The normalized spacial score (nSPS) is 13.2. The van der Waals surface area contributed by atoms with Crippen molar-refractivity contribution in [3.05, 3.63) is 186 Å². The molecular formula is C51H47N5O4. The number of nitrogens with one attached hydrogen (secondary N) is 4. The van der Waals surface area contributed by atoms with Gasteiger partial charge in [0.15, 0.2) is 0 Å². The first kappa shape index (κ1) is 40.9. The van der Waals surface area contributed by atoms with Crippen molar-refractivity contribution in [1.82, 2.24) is 0 Å². The van der Waals surface area contributed by atoms with Gasteiger partial charge in [0.1, 0.15) is 0 Å². The topological polar surface area (TPSA) is 140 Å². The van der Waals surface area contributed by atoms with Crippen molar-refractivity contribution >= 4 is 46.4 Å². The van der Waals surface area contributed by atoms with Crippen LogP contribution in [-0.2, 0) is 12.8 Å². The molecule has 0 saturated heterocycles. The molecular weight excluding hydrogens is 747 g/mol. The Hall–Kier alpha value is -7.31. The summed E-state index contributed by atoms with van der Waals surface area (Å²) in [5.74, 6) is -1.49. The number of hydrogen-bond acceptors (Lipinski definition) is 5. The molecule has 4 amide bonds. The lowest BCUT2D eigenvalue weighted by Crippen LogP contribution is -2.18. The number of carbonyl (C=O) groups excluding carboxylic acids is 4. The van der Waals surface area contributed by atoms with Gasteiger partial charge in [0.2, 0.25) is 0 Å². The van der Waals surface area contributed by atoms with Crippen LogP contribution in [-0.4, -0.2) is 23.6 Å². The van der Waals surface area contributed by atoms with Gasteiger partial charge in [0.25, 0.3) is 23.6 Å². The van der Waals surface area contributed by atoms with Crippen LogP contribution in [0.25, 0.3) is 0 Å². The van der Waals surface area contributed by atoms with E-state index in [2.05, 4.69) is 51.6 Å². The molecule has 0 aliphatic carbocycles. The number of carbonyl (C=O) groups is 4. The van der Waals surface area contributed by atoms with E-state index in [0.717, 1.165) is 66.8 Å². The Labute approximate surface area is 350 Å². The predicted molar refractivity (Wildman–Crippen MR) is 239 cm³/mol. The van der Waals surface area contributed by atoms with Crippen LogP contribution in [0.5, 0.6) is 0 Å². The van der Waals surface area contributed by atoms with Crippen LogP contribution in [0.3, 0.4) is 0 Å². The number of rotatable bonds is 0. The predicted octanol–water partition coefficient (Wildman–Crippen LogP) is 10.5. The SMILES string of the molecule is Cc1cc2cc(C)c1NC(=O)c1cccc(c1)C(=O)Nc1c(C)cc(cc1C)Cc1cc(C)c(c(C)c1)NC(=O)c1cc(C#N)cc(c1)C(=O)Nc1c(C)cc(cc1C)C2. The number of hydrogen-bond donors (Lipinski definition) is 4. The molecule has 12 bridgehead atoms. The molecule has 0 atom stereocenters. The molecule has 0 radical (unpaired) electrons. The molecule has 9 heteroatoms. The molecule has 9 nitrogen and oxygen atoms in total. The molecule has 6 aromatic rings. The van der Waals surface area contributed by atoms with Gasteiger partial charge in [-0.3, -0.25) is 19.2 Å². The van der Waals surface area contributed by atoms with E-state index in [1.807, 2.05) is 79.7 Å². The third kappa shape index (κ3) is 8.59. The maximum atomic E-state index is 13.8. The highest BCUT2D eigenvalue weighted by atomic mass is 16.2. The van der Waals surface area contributed by atoms with Crippen molar-refractivity contribution in [1.29, 1.82) is 5.26 Å². The zero-order valence-corrected chi connectivity index (χ0v) is 35.2. The fourth-order valence-electron chi connectivity index (χ4n) is 8.38. The van der Waals surface area contributed by atoms with E-state index in [9.17, 15) is 24.4 Å². The molecule has 16 rings (SSSR count). The van der Waals surface area contributed by atoms with E-state index in [1.165, 1.54) is 18.2 Å². The molecule has 10 aliphatic heterocycles. The lowest BCUT2D eigenvalue weighted by molar-refractivity contribution is 0.101. The van der Waals surface area contributed by atoms with Crippen molar-refractivity contribution in [2.24, 2.45) is 0 Å².